The Balaban J connectivity index is 4.04. The van der Waals surface area contributed by atoms with Crippen LogP contribution in [0.5, 0.6) is 0 Å². The van der Waals surface area contributed by atoms with E-state index in [1.54, 1.807) is 6.92 Å². The number of esters is 2. The van der Waals surface area contributed by atoms with Gasteiger partial charge in [-0.15, -0.1) is 0 Å². The molecule has 0 aliphatic heterocycles. The third-order valence-electron chi connectivity index (χ3n) is 2.61. The third kappa shape index (κ3) is 8.78. The van der Waals surface area contributed by atoms with Gasteiger partial charge in [-0.3, -0.25) is 4.79 Å². The first kappa shape index (κ1) is 19.1. The molecule has 0 heterocycles. The lowest BCUT2D eigenvalue weighted by atomic mass is 9.99. The number of ether oxygens (including phenoxy) is 2. The van der Waals surface area contributed by atoms with Gasteiger partial charge in [-0.2, -0.15) is 0 Å². The summed E-state index contributed by atoms with van der Waals surface area (Å²) in [4.78, 5) is 34.1. The molecule has 5 nitrogen and oxygen atoms in total. The standard InChI is InChI=1S/C16H22O5/c1-6-13(10-21-16(19)12(4)5)9-14(17)7-8-20-15(18)11(2)3/h1,13H,2,4,6-10H2,3,5H3. The molecule has 0 fully saturated rings. The van der Waals surface area contributed by atoms with Crippen LogP contribution in [0.4, 0.5) is 0 Å². The van der Waals surface area contributed by atoms with Gasteiger partial charge in [0, 0.05) is 29.9 Å². The molecule has 0 rings (SSSR count). The summed E-state index contributed by atoms with van der Waals surface area (Å²) in [7, 11) is 0. The van der Waals surface area contributed by atoms with Crippen molar-refractivity contribution in [3.05, 3.63) is 31.2 Å². The lowest BCUT2D eigenvalue weighted by Gasteiger charge is -2.14. The monoisotopic (exact) mass is 294 g/mol. The van der Waals surface area contributed by atoms with Crippen molar-refractivity contribution in [3.8, 4) is 0 Å². The number of ketones is 1. The quantitative estimate of drug-likeness (QED) is 0.457. The average molecular weight is 294 g/mol. The maximum atomic E-state index is 11.7. The van der Waals surface area contributed by atoms with E-state index in [0.717, 1.165) is 0 Å². The molecule has 1 unspecified atom stereocenters. The second-order valence-corrected chi connectivity index (χ2v) is 4.89. The first-order valence-corrected chi connectivity index (χ1v) is 6.65. The predicted octanol–water partition coefficient (Wildman–Crippen LogP) is 2.29. The first-order valence-electron chi connectivity index (χ1n) is 6.65. The van der Waals surface area contributed by atoms with Gasteiger partial charge in [-0.1, -0.05) is 13.2 Å². The van der Waals surface area contributed by atoms with Crippen LogP contribution in [0.15, 0.2) is 24.3 Å². The lowest BCUT2D eigenvalue weighted by molar-refractivity contribution is -0.142. The minimum atomic E-state index is -0.520. The number of hydrogen-bond acceptors (Lipinski definition) is 5. The normalized spacial score (nSPS) is 11.4. The summed E-state index contributed by atoms with van der Waals surface area (Å²) in [5.41, 5.74) is 0.581. The Bertz CT molecular complexity index is 422. The van der Waals surface area contributed by atoms with Crippen LogP contribution in [0.3, 0.4) is 0 Å². The molecule has 0 spiro atoms. The smallest absolute Gasteiger partial charge is 0.333 e. The molecule has 0 aromatic rings. The molecule has 0 bridgehead atoms. The molecule has 0 amide bonds. The van der Waals surface area contributed by atoms with Crippen molar-refractivity contribution in [2.75, 3.05) is 13.2 Å². The summed E-state index contributed by atoms with van der Waals surface area (Å²) in [5, 5.41) is 0. The van der Waals surface area contributed by atoms with Crippen LogP contribution in [0.2, 0.25) is 0 Å². The van der Waals surface area contributed by atoms with Gasteiger partial charge in [-0.05, 0) is 27.2 Å². The van der Waals surface area contributed by atoms with Gasteiger partial charge in [0.1, 0.15) is 5.78 Å². The van der Waals surface area contributed by atoms with Crippen molar-refractivity contribution in [1.82, 2.24) is 0 Å². The molecular formula is C16H22O5. The Morgan fingerprint density at radius 3 is 2.05 bits per heavy atom. The van der Waals surface area contributed by atoms with E-state index >= 15 is 0 Å². The number of rotatable bonds is 10. The Morgan fingerprint density at radius 1 is 1.05 bits per heavy atom. The Morgan fingerprint density at radius 2 is 1.57 bits per heavy atom. The topological polar surface area (TPSA) is 69.7 Å². The van der Waals surface area contributed by atoms with Crippen molar-refractivity contribution in [2.45, 2.75) is 33.1 Å². The molecule has 0 N–H and O–H groups in total. The van der Waals surface area contributed by atoms with Crippen molar-refractivity contribution in [1.29, 1.82) is 0 Å². The molecule has 0 aromatic heterocycles. The maximum Gasteiger partial charge on any atom is 0.333 e. The molecular weight excluding hydrogens is 272 g/mol. The number of hydrogen-bond donors (Lipinski definition) is 0. The van der Waals surface area contributed by atoms with E-state index in [0.29, 0.717) is 5.57 Å². The van der Waals surface area contributed by atoms with Crippen LogP contribution >= 0.6 is 0 Å². The Labute approximate surface area is 126 Å². The highest BCUT2D eigenvalue weighted by Gasteiger charge is 2.15. The van der Waals surface area contributed by atoms with Crippen LogP contribution in [-0.2, 0) is 23.9 Å². The van der Waals surface area contributed by atoms with Gasteiger partial charge in [0.2, 0.25) is 0 Å². The molecule has 21 heavy (non-hydrogen) atoms. The summed E-state index contributed by atoms with van der Waals surface area (Å²) in [5.74, 6) is -1.38. The van der Waals surface area contributed by atoms with E-state index in [9.17, 15) is 14.4 Å². The highest BCUT2D eigenvalue weighted by molar-refractivity contribution is 5.87. The van der Waals surface area contributed by atoms with Crippen molar-refractivity contribution in [3.63, 3.8) is 0 Å². The maximum absolute atomic E-state index is 11.7. The zero-order chi connectivity index (χ0) is 16.4. The number of Topliss-reactive ketones (excluding diaryl/α,β-unsaturated/α-hetero) is 1. The minimum Gasteiger partial charge on any atom is -0.462 e. The van der Waals surface area contributed by atoms with E-state index in [1.165, 1.54) is 6.92 Å². The molecule has 0 aliphatic rings. The molecule has 0 aliphatic carbocycles. The molecule has 0 saturated carbocycles. The van der Waals surface area contributed by atoms with Crippen molar-refractivity contribution >= 4 is 17.7 Å². The van der Waals surface area contributed by atoms with Crippen LogP contribution in [0.1, 0.15) is 33.1 Å². The molecule has 0 saturated heterocycles. The highest BCUT2D eigenvalue weighted by Crippen LogP contribution is 2.11. The van der Waals surface area contributed by atoms with Gasteiger partial charge < -0.3 is 9.47 Å². The Hall–Kier alpha value is -1.91. The first-order chi connectivity index (χ1) is 9.77. The van der Waals surface area contributed by atoms with Crippen LogP contribution in [0.25, 0.3) is 0 Å². The highest BCUT2D eigenvalue weighted by atomic mass is 16.5. The fourth-order valence-corrected chi connectivity index (χ4v) is 1.33. The predicted molar refractivity (Wildman–Crippen MR) is 78.2 cm³/mol. The van der Waals surface area contributed by atoms with Crippen LogP contribution in [-0.4, -0.2) is 30.9 Å². The van der Waals surface area contributed by atoms with Gasteiger partial charge in [0.05, 0.1) is 13.2 Å². The summed E-state index contributed by atoms with van der Waals surface area (Å²) in [6.45, 7) is 15.6. The summed E-state index contributed by atoms with van der Waals surface area (Å²) >= 11 is 0. The zero-order valence-corrected chi connectivity index (χ0v) is 12.6. The molecule has 116 valence electrons. The second-order valence-electron chi connectivity index (χ2n) is 4.89. The van der Waals surface area contributed by atoms with Gasteiger partial charge in [0.15, 0.2) is 0 Å². The third-order valence-corrected chi connectivity index (χ3v) is 2.61. The average Bonchev–Trinajstić information content (AvgIpc) is 2.42. The molecule has 5 heteroatoms. The van der Waals surface area contributed by atoms with E-state index in [-0.39, 0.29) is 49.8 Å². The number of carbonyl (C=O) groups excluding carboxylic acids is 3. The molecule has 2 radical (unpaired) electrons. The fourth-order valence-electron chi connectivity index (χ4n) is 1.33. The minimum absolute atomic E-state index is 0.00731. The summed E-state index contributed by atoms with van der Waals surface area (Å²) in [6.07, 6.45) is 0.495. The van der Waals surface area contributed by atoms with Gasteiger partial charge in [-0.25, -0.2) is 9.59 Å². The van der Waals surface area contributed by atoms with Crippen LogP contribution < -0.4 is 0 Å². The fraction of sp³-hybridized carbons (Fsp3) is 0.500. The van der Waals surface area contributed by atoms with E-state index < -0.39 is 11.9 Å². The van der Waals surface area contributed by atoms with Gasteiger partial charge in [0.25, 0.3) is 0 Å². The zero-order valence-electron chi connectivity index (χ0n) is 12.6. The SMILES string of the molecule is [CH]CC(COC(=O)C(=C)C)CC(=O)CCOC(=O)C(=C)C. The summed E-state index contributed by atoms with van der Waals surface area (Å²) in [6, 6.07) is 0. The van der Waals surface area contributed by atoms with E-state index in [2.05, 4.69) is 13.2 Å². The lowest BCUT2D eigenvalue weighted by Crippen LogP contribution is -2.18. The molecule has 0 aromatic carbocycles. The Kier molecular flexibility index (Phi) is 9.01. The van der Waals surface area contributed by atoms with Crippen LogP contribution in [0, 0.1) is 12.8 Å². The largest absolute Gasteiger partial charge is 0.462 e. The van der Waals surface area contributed by atoms with Gasteiger partial charge >= 0.3 is 11.9 Å². The van der Waals surface area contributed by atoms with Crippen molar-refractivity contribution in [2.24, 2.45) is 5.92 Å². The number of carbonyl (C=O) groups is 3. The molecule has 1 atom stereocenters. The second kappa shape index (κ2) is 9.91. The van der Waals surface area contributed by atoms with E-state index in [1.807, 2.05) is 0 Å². The van der Waals surface area contributed by atoms with Crippen molar-refractivity contribution < 1.29 is 23.9 Å². The van der Waals surface area contributed by atoms with E-state index in [4.69, 9.17) is 16.4 Å². The summed E-state index contributed by atoms with van der Waals surface area (Å²) < 4.78 is 9.80.